The predicted octanol–water partition coefficient (Wildman–Crippen LogP) is 11.0. The highest BCUT2D eigenvalue weighted by Gasteiger charge is 2.16. The summed E-state index contributed by atoms with van der Waals surface area (Å²) in [4.78, 5) is 24.1. The van der Waals surface area contributed by atoms with Gasteiger partial charge in [0.1, 0.15) is 6.61 Å². The van der Waals surface area contributed by atoms with Gasteiger partial charge in [0.05, 0.1) is 6.61 Å². The topological polar surface area (TPSA) is 72.8 Å². The largest absolute Gasteiger partial charge is 0.462 e. The lowest BCUT2D eigenvalue weighted by Gasteiger charge is -2.15. The smallest absolute Gasteiger partial charge is 0.306 e. The van der Waals surface area contributed by atoms with Crippen LogP contribution in [0.2, 0.25) is 0 Å². The number of rotatable bonds is 33. The number of aliphatic hydroxyl groups is 1. The fraction of sp³-hybridized carbons (Fsp3) is 0.892. The minimum atomic E-state index is -0.767. The van der Waals surface area contributed by atoms with Crippen LogP contribution in [0.1, 0.15) is 194 Å². The summed E-state index contributed by atoms with van der Waals surface area (Å²) in [5.41, 5.74) is 0. The van der Waals surface area contributed by atoms with E-state index in [1.807, 2.05) is 0 Å². The van der Waals surface area contributed by atoms with Crippen molar-refractivity contribution in [3.63, 3.8) is 0 Å². The number of ether oxygens (including phenoxy) is 2. The van der Waals surface area contributed by atoms with Crippen LogP contribution in [-0.4, -0.2) is 36.4 Å². The van der Waals surface area contributed by atoms with Gasteiger partial charge in [-0.15, -0.1) is 0 Å². The van der Waals surface area contributed by atoms with E-state index in [4.69, 9.17) is 9.47 Å². The van der Waals surface area contributed by atoms with Gasteiger partial charge in [-0.1, -0.05) is 161 Å². The summed E-state index contributed by atoms with van der Waals surface area (Å²) in [5.74, 6) is -0.595. The Balaban J connectivity index is 3.51. The monoisotopic (exact) mass is 595 g/mol. The van der Waals surface area contributed by atoms with Crippen molar-refractivity contribution in [1.29, 1.82) is 0 Å². The SMILES string of the molecule is CCCCC=CCCCCCCCC(=O)O[C@@H](CO)COC(=O)CCCCCCCCCCCCCCCCCCC. The molecule has 42 heavy (non-hydrogen) atoms. The van der Waals surface area contributed by atoms with E-state index in [0.29, 0.717) is 12.8 Å². The van der Waals surface area contributed by atoms with E-state index in [2.05, 4.69) is 26.0 Å². The number of hydrogen-bond acceptors (Lipinski definition) is 5. The Hall–Kier alpha value is -1.36. The van der Waals surface area contributed by atoms with Crippen LogP contribution in [0.4, 0.5) is 0 Å². The summed E-state index contributed by atoms with van der Waals surface area (Å²) in [7, 11) is 0. The van der Waals surface area contributed by atoms with Crippen LogP contribution in [-0.2, 0) is 19.1 Å². The lowest BCUT2D eigenvalue weighted by Crippen LogP contribution is -2.28. The number of aliphatic hydroxyl groups excluding tert-OH is 1. The number of carbonyl (C=O) groups is 2. The Morgan fingerprint density at radius 2 is 0.905 bits per heavy atom. The minimum absolute atomic E-state index is 0.0637. The summed E-state index contributed by atoms with van der Waals surface area (Å²) in [5, 5.41) is 9.51. The van der Waals surface area contributed by atoms with Gasteiger partial charge in [0.15, 0.2) is 6.10 Å². The lowest BCUT2D eigenvalue weighted by atomic mass is 10.0. The van der Waals surface area contributed by atoms with E-state index in [-0.39, 0.29) is 25.2 Å². The van der Waals surface area contributed by atoms with Gasteiger partial charge in [-0.25, -0.2) is 0 Å². The maximum absolute atomic E-state index is 12.1. The molecule has 0 saturated carbocycles. The lowest BCUT2D eigenvalue weighted by molar-refractivity contribution is -0.161. The molecule has 1 atom stereocenters. The molecule has 0 saturated heterocycles. The quantitative estimate of drug-likeness (QED) is 0.0465. The highest BCUT2D eigenvalue weighted by atomic mass is 16.6. The number of unbranched alkanes of at least 4 members (excludes halogenated alkanes) is 23. The van der Waals surface area contributed by atoms with Crippen molar-refractivity contribution in [1.82, 2.24) is 0 Å². The molecule has 0 bridgehead atoms. The van der Waals surface area contributed by atoms with Crippen LogP contribution < -0.4 is 0 Å². The van der Waals surface area contributed by atoms with E-state index < -0.39 is 6.10 Å². The molecule has 1 N–H and O–H groups in total. The molecule has 0 aromatic rings. The van der Waals surface area contributed by atoms with Crippen LogP contribution in [0.3, 0.4) is 0 Å². The van der Waals surface area contributed by atoms with Gasteiger partial charge in [0, 0.05) is 12.8 Å². The second-order valence-electron chi connectivity index (χ2n) is 12.3. The summed E-state index contributed by atoms with van der Waals surface area (Å²) < 4.78 is 10.6. The maximum atomic E-state index is 12.1. The van der Waals surface area contributed by atoms with Crippen LogP contribution in [0, 0.1) is 0 Å². The van der Waals surface area contributed by atoms with Gasteiger partial charge in [0.25, 0.3) is 0 Å². The Bertz CT molecular complexity index is 603. The molecule has 0 aliphatic heterocycles. The molecule has 0 fully saturated rings. The Morgan fingerprint density at radius 3 is 1.36 bits per heavy atom. The van der Waals surface area contributed by atoms with E-state index >= 15 is 0 Å². The third-order valence-corrected chi connectivity index (χ3v) is 8.06. The number of allylic oxidation sites excluding steroid dienone is 2. The summed E-state index contributed by atoms with van der Waals surface area (Å²) >= 11 is 0. The fourth-order valence-corrected chi connectivity index (χ4v) is 5.24. The second-order valence-corrected chi connectivity index (χ2v) is 12.3. The number of hydrogen-bond donors (Lipinski definition) is 1. The normalized spacial score (nSPS) is 12.2. The van der Waals surface area contributed by atoms with Gasteiger partial charge >= 0.3 is 11.9 Å². The first kappa shape index (κ1) is 40.6. The van der Waals surface area contributed by atoms with E-state index in [1.54, 1.807) is 0 Å². The molecule has 5 nitrogen and oxygen atoms in total. The molecule has 0 radical (unpaired) electrons. The Labute approximate surface area is 261 Å². The third-order valence-electron chi connectivity index (χ3n) is 8.06. The molecule has 0 aromatic carbocycles. The highest BCUT2D eigenvalue weighted by Crippen LogP contribution is 2.15. The molecule has 0 aromatic heterocycles. The molecule has 5 heteroatoms. The highest BCUT2D eigenvalue weighted by molar-refractivity contribution is 5.70. The predicted molar refractivity (Wildman–Crippen MR) is 178 cm³/mol. The average Bonchev–Trinajstić information content (AvgIpc) is 2.99. The maximum Gasteiger partial charge on any atom is 0.306 e. The van der Waals surface area contributed by atoms with Crippen LogP contribution >= 0.6 is 0 Å². The van der Waals surface area contributed by atoms with E-state index in [0.717, 1.165) is 44.9 Å². The van der Waals surface area contributed by atoms with Crippen molar-refractivity contribution in [3.05, 3.63) is 12.2 Å². The van der Waals surface area contributed by atoms with Crippen molar-refractivity contribution >= 4 is 11.9 Å². The molecule has 0 heterocycles. The second kappa shape index (κ2) is 34.1. The van der Waals surface area contributed by atoms with Crippen molar-refractivity contribution in [2.24, 2.45) is 0 Å². The fourth-order valence-electron chi connectivity index (χ4n) is 5.24. The summed E-state index contributed by atoms with van der Waals surface area (Å²) in [6.07, 6.45) is 37.0. The molecule has 0 aliphatic rings. The molecule has 0 aliphatic carbocycles. The zero-order valence-corrected chi connectivity index (χ0v) is 28.0. The first-order valence-electron chi connectivity index (χ1n) is 18.2. The Kier molecular flexibility index (Phi) is 33.0. The summed E-state index contributed by atoms with van der Waals surface area (Å²) in [6.45, 7) is 4.10. The molecule has 0 rings (SSSR count). The summed E-state index contributed by atoms with van der Waals surface area (Å²) in [6, 6.07) is 0. The van der Waals surface area contributed by atoms with Crippen LogP contribution in [0.15, 0.2) is 12.2 Å². The van der Waals surface area contributed by atoms with Crippen LogP contribution in [0.25, 0.3) is 0 Å². The minimum Gasteiger partial charge on any atom is -0.462 e. The number of carbonyl (C=O) groups excluding carboxylic acids is 2. The van der Waals surface area contributed by atoms with Gasteiger partial charge in [-0.2, -0.15) is 0 Å². The first-order valence-corrected chi connectivity index (χ1v) is 18.2. The standard InChI is InChI=1S/C37H70O5/c1-3-5-7-9-11-13-15-16-17-18-19-20-22-23-25-27-29-31-36(39)41-34-35(33-38)42-37(40)32-30-28-26-24-21-14-12-10-8-6-4-2/h10,12,35,38H,3-9,11,13-34H2,1-2H3/t35-/m0/s1. The zero-order chi connectivity index (χ0) is 30.8. The molecule has 0 unspecified atom stereocenters. The molecular formula is C37H70O5. The van der Waals surface area contributed by atoms with Gasteiger partial charge < -0.3 is 14.6 Å². The van der Waals surface area contributed by atoms with Gasteiger partial charge in [-0.3, -0.25) is 9.59 Å². The van der Waals surface area contributed by atoms with E-state index in [1.165, 1.54) is 122 Å². The third kappa shape index (κ3) is 31.6. The van der Waals surface area contributed by atoms with Crippen molar-refractivity contribution in [2.75, 3.05) is 13.2 Å². The van der Waals surface area contributed by atoms with Crippen molar-refractivity contribution in [2.45, 2.75) is 200 Å². The molecule has 0 spiro atoms. The zero-order valence-electron chi connectivity index (χ0n) is 28.0. The molecule has 0 amide bonds. The van der Waals surface area contributed by atoms with Crippen molar-refractivity contribution < 1.29 is 24.2 Å². The van der Waals surface area contributed by atoms with E-state index in [9.17, 15) is 14.7 Å². The molecule has 248 valence electrons. The number of esters is 2. The van der Waals surface area contributed by atoms with Crippen LogP contribution in [0.5, 0.6) is 0 Å². The Morgan fingerprint density at radius 1 is 0.524 bits per heavy atom. The van der Waals surface area contributed by atoms with Crippen molar-refractivity contribution in [3.8, 4) is 0 Å². The van der Waals surface area contributed by atoms with Gasteiger partial charge in [-0.05, 0) is 32.1 Å². The average molecular weight is 595 g/mol. The molecular weight excluding hydrogens is 524 g/mol. The first-order chi connectivity index (χ1) is 20.6. The van der Waals surface area contributed by atoms with Gasteiger partial charge in [0.2, 0.25) is 0 Å².